The fourth-order valence-corrected chi connectivity index (χ4v) is 3.44. The minimum Gasteiger partial charge on any atom is -0.496 e. The topological polar surface area (TPSA) is 77.1 Å². The van der Waals surface area contributed by atoms with Gasteiger partial charge in [-0.2, -0.15) is 0 Å². The number of nitrogens with zero attached hydrogens (tertiary/aromatic N) is 1. The Balaban J connectivity index is 1.55. The van der Waals surface area contributed by atoms with Gasteiger partial charge >= 0.3 is 5.97 Å². The van der Waals surface area contributed by atoms with Gasteiger partial charge in [0.05, 0.1) is 30.4 Å². The number of carbonyl (C=O) groups excluding carboxylic acids is 2. The van der Waals surface area contributed by atoms with Gasteiger partial charge in [0.2, 0.25) is 0 Å². The summed E-state index contributed by atoms with van der Waals surface area (Å²) in [6.07, 6.45) is -0.942. The number of esters is 1. The summed E-state index contributed by atoms with van der Waals surface area (Å²) in [5.41, 5.74) is 2.05. The highest BCUT2D eigenvalue weighted by molar-refractivity contribution is 9.10. The second-order valence-corrected chi connectivity index (χ2v) is 7.39. The van der Waals surface area contributed by atoms with E-state index in [-0.39, 0.29) is 0 Å². The molecule has 1 aliphatic heterocycles. The minimum absolute atomic E-state index is 0.326. The van der Waals surface area contributed by atoms with Crippen molar-refractivity contribution in [3.8, 4) is 5.75 Å². The Morgan fingerprint density at radius 3 is 2.45 bits per heavy atom. The highest BCUT2D eigenvalue weighted by Crippen LogP contribution is 2.26. The molecule has 1 atom stereocenters. The van der Waals surface area contributed by atoms with Crippen LogP contribution in [0.15, 0.2) is 46.9 Å². The highest BCUT2D eigenvalue weighted by atomic mass is 79.9. The number of ether oxygens (including phenoxy) is 3. The Kier molecular flexibility index (Phi) is 7.11. The SMILES string of the molecule is COc1ccc(C(=O)O[C@@H](C)C(=O)Nc2ccc(N3CCOCC3)cc2)cc1Br. The van der Waals surface area contributed by atoms with Crippen molar-refractivity contribution in [1.29, 1.82) is 0 Å². The summed E-state index contributed by atoms with van der Waals surface area (Å²) in [6, 6.07) is 12.4. The molecule has 154 valence electrons. The van der Waals surface area contributed by atoms with E-state index in [0.29, 0.717) is 34.7 Å². The highest BCUT2D eigenvalue weighted by Gasteiger charge is 2.20. The van der Waals surface area contributed by atoms with Gasteiger partial charge < -0.3 is 24.4 Å². The molecule has 0 aromatic heterocycles. The second-order valence-electron chi connectivity index (χ2n) is 6.53. The van der Waals surface area contributed by atoms with Crippen LogP contribution in [0.2, 0.25) is 0 Å². The van der Waals surface area contributed by atoms with Gasteiger partial charge in [0.15, 0.2) is 6.10 Å². The molecule has 2 aromatic carbocycles. The van der Waals surface area contributed by atoms with Crippen LogP contribution in [0.1, 0.15) is 17.3 Å². The number of carbonyl (C=O) groups is 2. The van der Waals surface area contributed by atoms with E-state index < -0.39 is 18.0 Å². The first-order valence-electron chi connectivity index (χ1n) is 9.26. The largest absolute Gasteiger partial charge is 0.496 e. The number of amides is 1. The summed E-state index contributed by atoms with van der Waals surface area (Å²) in [7, 11) is 1.54. The molecule has 1 N–H and O–H groups in total. The summed E-state index contributed by atoms with van der Waals surface area (Å²) < 4.78 is 16.4. The molecule has 1 amide bonds. The van der Waals surface area contributed by atoms with E-state index in [2.05, 4.69) is 26.1 Å². The monoisotopic (exact) mass is 462 g/mol. The molecular weight excluding hydrogens is 440 g/mol. The summed E-state index contributed by atoms with van der Waals surface area (Å²) in [4.78, 5) is 26.9. The third-order valence-corrected chi connectivity index (χ3v) is 5.17. The zero-order valence-corrected chi connectivity index (χ0v) is 17.9. The molecule has 1 aliphatic rings. The summed E-state index contributed by atoms with van der Waals surface area (Å²) in [6.45, 7) is 4.66. The van der Waals surface area contributed by atoms with E-state index in [1.807, 2.05) is 24.3 Å². The van der Waals surface area contributed by atoms with E-state index in [0.717, 1.165) is 18.8 Å². The lowest BCUT2D eigenvalue weighted by Crippen LogP contribution is -2.36. The number of hydrogen-bond acceptors (Lipinski definition) is 6. The Hall–Kier alpha value is -2.58. The molecule has 2 aromatic rings. The molecule has 8 heteroatoms. The normalized spacial score (nSPS) is 14.8. The van der Waals surface area contributed by atoms with Crippen LogP contribution in [0.3, 0.4) is 0 Å². The minimum atomic E-state index is -0.942. The van der Waals surface area contributed by atoms with E-state index >= 15 is 0 Å². The smallest absolute Gasteiger partial charge is 0.338 e. The van der Waals surface area contributed by atoms with Crippen LogP contribution in [-0.2, 0) is 14.3 Å². The predicted octanol–water partition coefficient (Wildman–Crippen LogP) is 3.48. The maximum absolute atomic E-state index is 12.4. The average molecular weight is 463 g/mol. The molecule has 0 aliphatic carbocycles. The number of methoxy groups -OCH3 is 1. The zero-order valence-electron chi connectivity index (χ0n) is 16.3. The fourth-order valence-electron chi connectivity index (χ4n) is 2.90. The molecule has 0 radical (unpaired) electrons. The van der Waals surface area contributed by atoms with Gasteiger partial charge in [-0.05, 0) is 65.3 Å². The van der Waals surface area contributed by atoms with Gasteiger partial charge in [-0.1, -0.05) is 0 Å². The second kappa shape index (κ2) is 9.76. The maximum atomic E-state index is 12.4. The number of anilines is 2. The summed E-state index contributed by atoms with van der Waals surface area (Å²) in [5, 5.41) is 2.77. The molecule has 3 rings (SSSR count). The van der Waals surface area contributed by atoms with Crippen molar-refractivity contribution in [2.24, 2.45) is 0 Å². The molecule has 0 unspecified atom stereocenters. The van der Waals surface area contributed by atoms with Gasteiger partial charge in [-0.3, -0.25) is 4.79 Å². The molecule has 0 spiro atoms. The summed E-state index contributed by atoms with van der Waals surface area (Å²) >= 11 is 3.33. The van der Waals surface area contributed by atoms with Crippen molar-refractivity contribution < 1.29 is 23.8 Å². The van der Waals surface area contributed by atoms with E-state index in [1.54, 1.807) is 18.2 Å². The molecule has 29 heavy (non-hydrogen) atoms. The third kappa shape index (κ3) is 5.48. The van der Waals surface area contributed by atoms with Crippen molar-refractivity contribution in [2.75, 3.05) is 43.6 Å². The van der Waals surface area contributed by atoms with Crippen LogP contribution in [0.25, 0.3) is 0 Å². The molecule has 1 fully saturated rings. The van der Waals surface area contributed by atoms with Crippen molar-refractivity contribution >= 4 is 39.2 Å². The Morgan fingerprint density at radius 2 is 1.83 bits per heavy atom. The van der Waals surface area contributed by atoms with Gasteiger partial charge in [0.1, 0.15) is 5.75 Å². The Bertz CT molecular complexity index is 866. The van der Waals surface area contributed by atoms with Crippen LogP contribution in [0, 0.1) is 0 Å². The quantitative estimate of drug-likeness (QED) is 0.662. The number of morpholine rings is 1. The molecule has 1 heterocycles. The van der Waals surface area contributed by atoms with E-state index in [1.165, 1.54) is 14.0 Å². The van der Waals surface area contributed by atoms with Crippen molar-refractivity contribution in [3.63, 3.8) is 0 Å². The van der Waals surface area contributed by atoms with Crippen LogP contribution in [0.5, 0.6) is 5.75 Å². The number of halogens is 1. The van der Waals surface area contributed by atoms with Gasteiger partial charge in [-0.15, -0.1) is 0 Å². The molecular formula is C21H23BrN2O5. The standard InChI is InChI=1S/C21H23BrN2O5/c1-14(29-21(26)15-3-8-19(27-2)18(22)13-15)20(25)23-16-4-6-17(7-5-16)24-9-11-28-12-10-24/h3-8,13-14H,9-12H2,1-2H3,(H,23,25)/t14-/m0/s1. The van der Waals surface area contributed by atoms with E-state index in [9.17, 15) is 9.59 Å². The first kappa shape index (κ1) is 21.1. The van der Waals surface area contributed by atoms with Crippen molar-refractivity contribution in [3.05, 3.63) is 52.5 Å². The number of nitrogens with one attached hydrogen (secondary N) is 1. The van der Waals surface area contributed by atoms with Crippen LogP contribution in [0.4, 0.5) is 11.4 Å². The first-order chi connectivity index (χ1) is 14.0. The summed E-state index contributed by atoms with van der Waals surface area (Å²) in [5.74, 6) is -0.378. The van der Waals surface area contributed by atoms with Gasteiger partial charge in [-0.25, -0.2) is 4.79 Å². The Labute approximate surface area is 178 Å². The van der Waals surface area contributed by atoms with Crippen molar-refractivity contribution in [2.45, 2.75) is 13.0 Å². The zero-order chi connectivity index (χ0) is 20.8. The first-order valence-corrected chi connectivity index (χ1v) is 10.1. The molecule has 7 nitrogen and oxygen atoms in total. The number of rotatable bonds is 6. The van der Waals surface area contributed by atoms with Crippen LogP contribution < -0.4 is 15.0 Å². The predicted molar refractivity (Wildman–Crippen MR) is 114 cm³/mol. The third-order valence-electron chi connectivity index (χ3n) is 4.55. The van der Waals surface area contributed by atoms with Gasteiger partial charge in [0.25, 0.3) is 5.91 Å². The lowest BCUT2D eigenvalue weighted by molar-refractivity contribution is -0.123. The van der Waals surface area contributed by atoms with Crippen LogP contribution in [-0.4, -0.2) is 51.4 Å². The molecule has 0 saturated carbocycles. The van der Waals surface area contributed by atoms with Crippen LogP contribution >= 0.6 is 15.9 Å². The lowest BCUT2D eigenvalue weighted by Gasteiger charge is -2.28. The molecule has 0 bridgehead atoms. The Morgan fingerprint density at radius 1 is 1.14 bits per heavy atom. The lowest BCUT2D eigenvalue weighted by atomic mass is 10.2. The van der Waals surface area contributed by atoms with Crippen molar-refractivity contribution in [1.82, 2.24) is 0 Å². The molecule has 1 saturated heterocycles. The number of hydrogen-bond donors (Lipinski definition) is 1. The van der Waals surface area contributed by atoms with E-state index in [4.69, 9.17) is 14.2 Å². The maximum Gasteiger partial charge on any atom is 0.338 e. The number of benzene rings is 2. The van der Waals surface area contributed by atoms with Gasteiger partial charge in [0, 0.05) is 24.5 Å². The fraction of sp³-hybridized carbons (Fsp3) is 0.333. The average Bonchev–Trinajstić information content (AvgIpc) is 2.74.